The van der Waals surface area contributed by atoms with Crippen molar-refractivity contribution in [1.82, 2.24) is 19.0 Å². The van der Waals surface area contributed by atoms with Crippen LogP contribution in [-0.4, -0.2) is 98.8 Å². The summed E-state index contributed by atoms with van der Waals surface area (Å²) < 4.78 is 28.0. The number of rotatable bonds is 6. The van der Waals surface area contributed by atoms with Crippen LogP contribution in [-0.2, 0) is 10.0 Å². The van der Waals surface area contributed by atoms with E-state index in [1.54, 1.807) is 18.2 Å². The number of benzene rings is 1. The predicted molar refractivity (Wildman–Crippen MR) is 120 cm³/mol. The van der Waals surface area contributed by atoms with Crippen LogP contribution in [0.15, 0.2) is 27.6 Å². The summed E-state index contributed by atoms with van der Waals surface area (Å²) in [5.41, 5.74) is 0.431. The molecule has 30 heavy (non-hydrogen) atoms. The average molecular weight is 499 g/mol. The lowest BCUT2D eigenvalue weighted by molar-refractivity contribution is 0.0625. The average Bonchev–Trinajstić information content (AvgIpc) is 3.47. The Morgan fingerprint density at radius 1 is 0.833 bits per heavy atom. The van der Waals surface area contributed by atoms with Crippen molar-refractivity contribution in [2.45, 2.75) is 30.6 Å². The molecule has 3 aliphatic rings. The molecule has 0 aliphatic carbocycles. The van der Waals surface area contributed by atoms with Gasteiger partial charge in [0.2, 0.25) is 10.0 Å². The Bertz CT molecular complexity index is 859. The first-order valence-electron chi connectivity index (χ1n) is 11.0. The van der Waals surface area contributed by atoms with E-state index in [1.807, 2.05) is 4.90 Å². The number of halogens is 1. The molecule has 4 rings (SSSR count). The second-order valence-corrected chi connectivity index (χ2v) is 11.2. The van der Waals surface area contributed by atoms with Crippen molar-refractivity contribution in [2.24, 2.45) is 0 Å². The van der Waals surface area contributed by atoms with E-state index in [4.69, 9.17) is 0 Å². The Hall–Kier alpha value is -1.00. The monoisotopic (exact) mass is 498 g/mol. The molecule has 7 nitrogen and oxygen atoms in total. The summed E-state index contributed by atoms with van der Waals surface area (Å²) >= 11 is 3.45. The van der Waals surface area contributed by atoms with Gasteiger partial charge in [-0.2, -0.15) is 4.31 Å². The summed E-state index contributed by atoms with van der Waals surface area (Å²) in [6.45, 7) is 8.77. The second kappa shape index (κ2) is 9.65. The Morgan fingerprint density at radius 3 is 2.03 bits per heavy atom. The predicted octanol–water partition coefficient (Wildman–Crippen LogP) is 2.09. The highest BCUT2D eigenvalue weighted by Gasteiger charge is 2.30. The molecule has 0 saturated carbocycles. The number of amides is 1. The van der Waals surface area contributed by atoms with E-state index in [-0.39, 0.29) is 10.8 Å². The lowest BCUT2D eigenvalue weighted by Crippen LogP contribution is -2.50. The first kappa shape index (κ1) is 22.2. The number of piperazine rings is 1. The van der Waals surface area contributed by atoms with Crippen molar-refractivity contribution in [1.29, 1.82) is 0 Å². The third kappa shape index (κ3) is 4.91. The number of likely N-dealkylation sites (tertiary alicyclic amines) is 1. The molecule has 0 radical (unpaired) electrons. The first-order chi connectivity index (χ1) is 14.4. The van der Waals surface area contributed by atoms with E-state index in [1.165, 1.54) is 30.2 Å². The molecule has 3 saturated heterocycles. The topological polar surface area (TPSA) is 64.2 Å². The van der Waals surface area contributed by atoms with Crippen LogP contribution < -0.4 is 0 Å². The van der Waals surface area contributed by atoms with Crippen molar-refractivity contribution in [3.05, 3.63) is 28.2 Å². The zero-order chi connectivity index (χ0) is 21.1. The zero-order valence-corrected chi connectivity index (χ0v) is 19.8. The van der Waals surface area contributed by atoms with Crippen LogP contribution in [0.2, 0.25) is 0 Å². The fraction of sp³-hybridized carbons (Fsp3) is 0.667. The molecule has 0 N–H and O–H groups in total. The third-order valence-corrected chi connectivity index (χ3v) is 9.05. The number of carbonyl (C=O) groups excluding carboxylic acids is 1. The zero-order valence-electron chi connectivity index (χ0n) is 17.4. The maximum Gasteiger partial charge on any atom is 0.255 e. The van der Waals surface area contributed by atoms with Gasteiger partial charge in [0.05, 0.1) is 10.5 Å². The quantitative estimate of drug-likeness (QED) is 0.600. The van der Waals surface area contributed by atoms with Crippen LogP contribution in [0, 0.1) is 0 Å². The minimum atomic E-state index is -3.54. The molecule has 3 fully saturated rings. The number of hydrogen-bond donors (Lipinski definition) is 0. The standard InChI is InChI=1S/C21H31BrN4O3S/c22-20-6-5-18(30(28,29)26-9-3-4-10-26)17-19(20)21(27)25-15-13-24(14-16-25)12-11-23-7-1-2-8-23/h5-6,17H,1-4,7-16H2. The summed E-state index contributed by atoms with van der Waals surface area (Å²) in [5, 5.41) is 0. The van der Waals surface area contributed by atoms with E-state index in [2.05, 4.69) is 25.7 Å². The smallest absolute Gasteiger partial charge is 0.255 e. The van der Waals surface area contributed by atoms with Crippen molar-refractivity contribution in [2.75, 3.05) is 65.4 Å². The van der Waals surface area contributed by atoms with Crippen LogP contribution in [0.5, 0.6) is 0 Å². The minimum absolute atomic E-state index is 0.0976. The van der Waals surface area contributed by atoms with Crippen molar-refractivity contribution in [3.63, 3.8) is 0 Å². The molecule has 3 heterocycles. The largest absolute Gasteiger partial charge is 0.336 e. The lowest BCUT2D eigenvalue weighted by Gasteiger charge is -2.35. The molecular weight excluding hydrogens is 468 g/mol. The molecule has 1 amide bonds. The van der Waals surface area contributed by atoms with E-state index in [9.17, 15) is 13.2 Å². The van der Waals surface area contributed by atoms with Gasteiger partial charge in [-0.05, 0) is 72.9 Å². The molecule has 0 atom stereocenters. The molecule has 0 bridgehead atoms. The summed E-state index contributed by atoms with van der Waals surface area (Å²) in [5.74, 6) is -0.0976. The molecule has 166 valence electrons. The van der Waals surface area contributed by atoms with Gasteiger partial charge in [0, 0.05) is 56.8 Å². The lowest BCUT2D eigenvalue weighted by atomic mass is 10.2. The molecule has 1 aromatic carbocycles. The van der Waals surface area contributed by atoms with Gasteiger partial charge >= 0.3 is 0 Å². The van der Waals surface area contributed by atoms with Crippen LogP contribution in [0.25, 0.3) is 0 Å². The normalized spacial score (nSPS) is 22.1. The molecule has 0 unspecified atom stereocenters. The van der Waals surface area contributed by atoms with E-state index >= 15 is 0 Å². The van der Waals surface area contributed by atoms with E-state index in [0.717, 1.165) is 39.0 Å². The van der Waals surface area contributed by atoms with Crippen LogP contribution in [0.1, 0.15) is 36.0 Å². The third-order valence-electron chi connectivity index (χ3n) is 6.46. The summed E-state index contributed by atoms with van der Waals surface area (Å²) in [6, 6.07) is 4.81. The highest BCUT2D eigenvalue weighted by atomic mass is 79.9. The first-order valence-corrected chi connectivity index (χ1v) is 13.2. The van der Waals surface area contributed by atoms with Gasteiger partial charge in [0.25, 0.3) is 5.91 Å². The Morgan fingerprint density at radius 2 is 1.40 bits per heavy atom. The number of sulfonamides is 1. The Labute approximate surface area is 188 Å². The highest BCUT2D eigenvalue weighted by Crippen LogP contribution is 2.26. The molecule has 9 heteroatoms. The van der Waals surface area contributed by atoms with Gasteiger partial charge in [0.15, 0.2) is 0 Å². The van der Waals surface area contributed by atoms with Crippen molar-refractivity contribution in [3.8, 4) is 0 Å². The number of hydrogen-bond acceptors (Lipinski definition) is 5. The second-order valence-electron chi connectivity index (χ2n) is 8.44. The molecule has 0 spiro atoms. The van der Waals surface area contributed by atoms with E-state index in [0.29, 0.717) is 36.2 Å². The molecule has 0 aromatic heterocycles. The van der Waals surface area contributed by atoms with Gasteiger partial charge in [-0.1, -0.05) is 0 Å². The molecule has 1 aromatic rings. The Kier molecular flexibility index (Phi) is 7.14. The van der Waals surface area contributed by atoms with Crippen molar-refractivity contribution < 1.29 is 13.2 Å². The number of nitrogens with zero attached hydrogens (tertiary/aromatic N) is 4. The van der Waals surface area contributed by atoms with Gasteiger partial charge in [-0.25, -0.2) is 8.42 Å². The molecule has 3 aliphatic heterocycles. The summed E-state index contributed by atoms with van der Waals surface area (Å²) in [7, 11) is -3.54. The summed E-state index contributed by atoms with van der Waals surface area (Å²) in [6.07, 6.45) is 4.40. The minimum Gasteiger partial charge on any atom is -0.336 e. The van der Waals surface area contributed by atoms with Crippen molar-refractivity contribution >= 4 is 31.9 Å². The number of carbonyl (C=O) groups is 1. The maximum atomic E-state index is 13.2. The van der Waals surface area contributed by atoms with Gasteiger partial charge < -0.3 is 9.80 Å². The fourth-order valence-electron chi connectivity index (χ4n) is 4.54. The highest BCUT2D eigenvalue weighted by molar-refractivity contribution is 9.10. The van der Waals surface area contributed by atoms with E-state index < -0.39 is 10.0 Å². The van der Waals surface area contributed by atoms with Crippen LogP contribution in [0.3, 0.4) is 0 Å². The van der Waals surface area contributed by atoms with Crippen LogP contribution in [0.4, 0.5) is 0 Å². The van der Waals surface area contributed by atoms with Crippen LogP contribution >= 0.6 is 15.9 Å². The SMILES string of the molecule is O=C(c1cc(S(=O)(=O)N2CCCC2)ccc1Br)N1CCN(CCN2CCCC2)CC1. The summed E-state index contributed by atoms with van der Waals surface area (Å²) in [4.78, 5) is 20.1. The molecular formula is C21H31BrN4O3S. The maximum absolute atomic E-state index is 13.2. The fourth-order valence-corrected chi connectivity index (χ4v) is 6.50. The van der Waals surface area contributed by atoms with Gasteiger partial charge in [-0.3, -0.25) is 9.69 Å². The van der Waals surface area contributed by atoms with Gasteiger partial charge in [-0.15, -0.1) is 0 Å². The van der Waals surface area contributed by atoms with Gasteiger partial charge in [0.1, 0.15) is 0 Å². The Balaban J connectivity index is 1.38.